The van der Waals surface area contributed by atoms with Gasteiger partial charge in [-0.1, -0.05) is 5.16 Å². The van der Waals surface area contributed by atoms with E-state index in [-0.39, 0.29) is 11.3 Å². The van der Waals surface area contributed by atoms with E-state index in [4.69, 9.17) is 9.63 Å². The highest BCUT2D eigenvalue weighted by atomic mass is 16.5. The lowest BCUT2D eigenvalue weighted by Crippen LogP contribution is -1.99. The van der Waals surface area contributed by atoms with Crippen molar-refractivity contribution in [3.63, 3.8) is 0 Å². The Morgan fingerprint density at radius 1 is 1.23 bits per heavy atom. The SMILES string of the molecule is Cc1cc2c(O)c(C(=O)O)cnc2cc1-c1c(C)noc1C. The number of benzene rings is 1. The molecule has 0 aliphatic carbocycles. The van der Waals surface area contributed by atoms with Gasteiger partial charge >= 0.3 is 5.97 Å². The van der Waals surface area contributed by atoms with Crippen LogP contribution in [0.5, 0.6) is 5.75 Å². The molecule has 2 aromatic heterocycles. The van der Waals surface area contributed by atoms with E-state index in [9.17, 15) is 9.90 Å². The predicted octanol–water partition coefficient (Wildman–Crippen LogP) is 3.22. The first-order valence-corrected chi connectivity index (χ1v) is 6.69. The van der Waals surface area contributed by atoms with Crippen LogP contribution in [0.1, 0.15) is 27.4 Å². The molecular weight excluding hydrogens is 284 g/mol. The van der Waals surface area contributed by atoms with E-state index in [1.807, 2.05) is 26.8 Å². The summed E-state index contributed by atoms with van der Waals surface area (Å²) >= 11 is 0. The van der Waals surface area contributed by atoms with Crippen molar-refractivity contribution in [1.82, 2.24) is 10.1 Å². The molecule has 1 aromatic carbocycles. The van der Waals surface area contributed by atoms with Gasteiger partial charge in [0.05, 0.1) is 11.2 Å². The molecule has 0 fully saturated rings. The molecule has 6 heteroatoms. The maximum Gasteiger partial charge on any atom is 0.341 e. The molecule has 0 spiro atoms. The van der Waals surface area contributed by atoms with Crippen molar-refractivity contribution in [1.29, 1.82) is 0 Å². The standard InChI is InChI=1S/C16H14N2O4/c1-7-4-11-13(17-6-12(15(11)19)16(20)21)5-10(7)14-8(2)18-22-9(14)3/h4-6H,1-3H3,(H,17,19)(H,20,21). The molecule has 6 nitrogen and oxygen atoms in total. The molecule has 0 bridgehead atoms. The van der Waals surface area contributed by atoms with E-state index in [2.05, 4.69) is 10.1 Å². The molecule has 0 aliphatic heterocycles. The summed E-state index contributed by atoms with van der Waals surface area (Å²) in [4.78, 5) is 15.2. The molecule has 22 heavy (non-hydrogen) atoms. The van der Waals surface area contributed by atoms with Gasteiger partial charge in [0.15, 0.2) is 0 Å². The van der Waals surface area contributed by atoms with E-state index < -0.39 is 5.97 Å². The van der Waals surface area contributed by atoms with Gasteiger partial charge in [-0.05, 0) is 44.0 Å². The second-order valence-corrected chi connectivity index (χ2v) is 5.21. The summed E-state index contributed by atoms with van der Waals surface area (Å²) in [6, 6.07) is 3.54. The Labute approximate surface area is 126 Å². The summed E-state index contributed by atoms with van der Waals surface area (Å²) in [5.41, 5.74) is 3.75. The molecule has 0 atom stereocenters. The summed E-state index contributed by atoms with van der Waals surface area (Å²) in [6.45, 7) is 5.57. The highest BCUT2D eigenvalue weighted by Crippen LogP contribution is 2.35. The van der Waals surface area contributed by atoms with Crippen LogP contribution in [0, 0.1) is 20.8 Å². The summed E-state index contributed by atoms with van der Waals surface area (Å²) in [7, 11) is 0. The van der Waals surface area contributed by atoms with Crippen molar-refractivity contribution in [3.8, 4) is 16.9 Å². The minimum atomic E-state index is -1.21. The van der Waals surface area contributed by atoms with E-state index in [1.54, 1.807) is 6.07 Å². The zero-order chi connectivity index (χ0) is 16.0. The van der Waals surface area contributed by atoms with Crippen LogP contribution >= 0.6 is 0 Å². The molecule has 2 heterocycles. The zero-order valence-corrected chi connectivity index (χ0v) is 12.3. The molecule has 0 saturated heterocycles. The number of carboxylic acid groups (broad SMARTS) is 1. The predicted molar refractivity (Wildman–Crippen MR) is 80.1 cm³/mol. The number of hydrogen-bond donors (Lipinski definition) is 2. The lowest BCUT2D eigenvalue weighted by Gasteiger charge is -2.10. The largest absolute Gasteiger partial charge is 0.506 e. The molecule has 0 amide bonds. The Kier molecular flexibility index (Phi) is 3.09. The molecule has 0 aliphatic rings. The molecule has 112 valence electrons. The Morgan fingerprint density at radius 3 is 2.55 bits per heavy atom. The van der Waals surface area contributed by atoms with Crippen LogP contribution < -0.4 is 0 Å². The Bertz CT molecular complexity index is 893. The summed E-state index contributed by atoms with van der Waals surface area (Å²) in [6.07, 6.45) is 1.16. The maximum absolute atomic E-state index is 11.1. The van der Waals surface area contributed by atoms with Gasteiger partial charge in [-0.25, -0.2) is 4.79 Å². The van der Waals surface area contributed by atoms with Crippen molar-refractivity contribution in [2.24, 2.45) is 0 Å². The van der Waals surface area contributed by atoms with E-state index in [0.717, 1.165) is 28.6 Å². The van der Waals surface area contributed by atoms with Gasteiger partial charge in [0.25, 0.3) is 0 Å². The van der Waals surface area contributed by atoms with Gasteiger partial charge in [-0.15, -0.1) is 0 Å². The van der Waals surface area contributed by atoms with Crippen LogP contribution in [-0.4, -0.2) is 26.3 Å². The van der Waals surface area contributed by atoms with Gasteiger partial charge in [-0.2, -0.15) is 0 Å². The Balaban J connectivity index is 2.31. The lowest BCUT2D eigenvalue weighted by atomic mass is 9.96. The first kappa shape index (κ1) is 14.1. The first-order valence-electron chi connectivity index (χ1n) is 6.69. The number of aromatic carboxylic acids is 1. The van der Waals surface area contributed by atoms with Crippen LogP contribution in [0.15, 0.2) is 22.9 Å². The van der Waals surface area contributed by atoms with Crippen LogP contribution in [0.25, 0.3) is 22.0 Å². The van der Waals surface area contributed by atoms with Crippen molar-refractivity contribution < 1.29 is 19.5 Å². The van der Waals surface area contributed by atoms with Gasteiger partial charge in [0.1, 0.15) is 17.1 Å². The average Bonchev–Trinajstić information content (AvgIpc) is 2.78. The maximum atomic E-state index is 11.1. The number of hydrogen-bond acceptors (Lipinski definition) is 5. The Hall–Kier alpha value is -2.89. The second kappa shape index (κ2) is 4.84. The summed E-state index contributed by atoms with van der Waals surface area (Å²) in [5, 5.41) is 23.5. The van der Waals surface area contributed by atoms with Crippen molar-refractivity contribution in [3.05, 3.63) is 40.9 Å². The van der Waals surface area contributed by atoms with Crippen LogP contribution in [0.4, 0.5) is 0 Å². The summed E-state index contributed by atoms with van der Waals surface area (Å²) < 4.78 is 5.19. The second-order valence-electron chi connectivity index (χ2n) is 5.21. The normalized spacial score (nSPS) is 11.0. The van der Waals surface area contributed by atoms with Gasteiger partial charge in [-0.3, -0.25) is 4.98 Å². The fourth-order valence-electron chi connectivity index (χ4n) is 2.63. The number of carboxylic acids is 1. The number of pyridine rings is 1. The lowest BCUT2D eigenvalue weighted by molar-refractivity contribution is 0.0693. The number of aromatic nitrogens is 2. The molecule has 2 N–H and O–H groups in total. The monoisotopic (exact) mass is 298 g/mol. The number of nitrogens with zero attached hydrogens (tertiary/aromatic N) is 2. The third-order valence-corrected chi connectivity index (χ3v) is 3.72. The molecule has 3 aromatic rings. The number of rotatable bonds is 2. The fourth-order valence-corrected chi connectivity index (χ4v) is 2.63. The fraction of sp³-hybridized carbons (Fsp3) is 0.188. The number of aromatic hydroxyl groups is 1. The van der Waals surface area contributed by atoms with Crippen LogP contribution in [0.3, 0.4) is 0 Å². The minimum absolute atomic E-state index is 0.211. The molecular formula is C16H14N2O4. The quantitative estimate of drug-likeness (QED) is 0.754. The zero-order valence-electron chi connectivity index (χ0n) is 12.3. The number of carbonyl (C=O) groups is 1. The summed E-state index contributed by atoms with van der Waals surface area (Å²) in [5.74, 6) is -0.781. The minimum Gasteiger partial charge on any atom is -0.506 e. The average molecular weight is 298 g/mol. The van der Waals surface area contributed by atoms with Crippen molar-refractivity contribution >= 4 is 16.9 Å². The van der Waals surface area contributed by atoms with Gasteiger partial charge in [0, 0.05) is 17.1 Å². The van der Waals surface area contributed by atoms with E-state index >= 15 is 0 Å². The van der Waals surface area contributed by atoms with Crippen molar-refractivity contribution in [2.75, 3.05) is 0 Å². The first-order chi connectivity index (χ1) is 10.4. The highest BCUT2D eigenvalue weighted by molar-refractivity contribution is 6.00. The van der Waals surface area contributed by atoms with E-state index in [1.165, 1.54) is 0 Å². The molecule has 0 saturated carbocycles. The Morgan fingerprint density at radius 2 is 1.95 bits per heavy atom. The smallest absolute Gasteiger partial charge is 0.341 e. The molecule has 0 unspecified atom stereocenters. The van der Waals surface area contributed by atoms with E-state index in [0.29, 0.717) is 16.7 Å². The third-order valence-electron chi connectivity index (χ3n) is 3.72. The van der Waals surface area contributed by atoms with Gasteiger partial charge < -0.3 is 14.7 Å². The third kappa shape index (κ3) is 2.00. The molecule has 0 radical (unpaired) electrons. The van der Waals surface area contributed by atoms with Gasteiger partial charge in [0.2, 0.25) is 0 Å². The number of aryl methyl sites for hydroxylation is 3. The topological polar surface area (TPSA) is 96.5 Å². The molecule has 3 rings (SSSR count). The number of fused-ring (bicyclic) bond motifs is 1. The van der Waals surface area contributed by atoms with Crippen LogP contribution in [-0.2, 0) is 0 Å². The van der Waals surface area contributed by atoms with Crippen LogP contribution in [0.2, 0.25) is 0 Å². The van der Waals surface area contributed by atoms with Crippen molar-refractivity contribution in [2.45, 2.75) is 20.8 Å². The highest BCUT2D eigenvalue weighted by Gasteiger charge is 2.18.